The molecule has 0 aromatic heterocycles. The van der Waals surface area contributed by atoms with Crippen LogP contribution in [0.1, 0.15) is 27.7 Å². The van der Waals surface area contributed by atoms with E-state index in [2.05, 4.69) is 0 Å². The number of hydrogen-bond acceptors (Lipinski definition) is 5. The van der Waals surface area contributed by atoms with Gasteiger partial charge in [-0.1, -0.05) is 6.08 Å². The molecule has 0 saturated carbocycles. The zero-order chi connectivity index (χ0) is 12.6. The molecular weight excluding hydrogens is 247 g/mol. The number of allylic oxidation sites excluding steroid dienone is 2. The minimum absolute atomic E-state index is 0.0490. The van der Waals surface area contributed by atoms with Gasteiger partial charge in [-0.05, 0) is 44.6 Å². The monoisotopic (exact) mass is 266 g/mol. The van der Waals surface area contributed by atoms with Gasteiger partial charge >= 0.3 is 6.80 Å². The molecular formula is C10H19O4PS. The van der Waals surface area contributed by atoms with E-state index in [1.54, 1.807) is 33.8 Å². The number of carbonyl (C=O) groups excluding carboxylic acids is 1. The molecule has 0 radical (unpaired) electrons. The largest absolute Gasteiger partial charge is 0.389 e. The zero-order valence-electron chi connectivity index (χ0n) is 10.2. The molecule has 0 N–H and O–H groups in total. The fourth-order valence-corrected chi connectivity index (χ4v) is 4.11. The smallest absolute Gasteiger partial charge is 0.301 e. The van der Waals surface area contributed by atoms with Crippen molar-refractivity contribution in [1.29, 1.82) is 0 Å². The van der Waals surface area contributed by atoms with Crippen LogP contribution in [0.25, 0.3) is 0 Å². The van der Waals surface area contributed by atoms with Gasteiger partial charge in [0.15, 0.2) is 5.78 Å². The third kappa shape index (κ3) is 5.85. The Bertz CT molecular complexity index is 291. The summed E-state index contributed by atoms with van der Waals surface area (Å²) < 4.78 is 22.1. The zero-order valence-corrected chi connectivity index (χ0v) is 11.9. The number of carbonyl (C=O) groups is 1. The van der Waals surface area contributed by atoms with Gasteiger partial charge in [0.2, 0.25) is 0 Å². The first kappa shape index (κ1) is 15.9. The summed E-state index contributed by atoms with van der Waals surface area (Å²) in [5, 5.41) is 0. The van der Waals surface area contributed by atoms with E-state index < -0.39 is 6.80 Å². The lowest BCUT2D eigenvalue weighted by Gasteiger charge is -2.15. The maximum Gasteiger partial charge on any atom is 0.389 e. The molecule has 94 valence electrons. The normalized spacial score (nSPS) is 12.9. The lowest BCUT2D eigenvalue weighted by atomic mass is 10.2. The van der Waals surface area contributed by atoms with Crippen LogP contribution in [0, 0.1) is 0 Å². The van der Waals surface area contributed by atoms with Crippen molar-refractivity contribution in [1.82, 2.24) is 0 Å². The molecule has 0 aliphatic heterocycles. The van der Waals surface area contributed by atoms with Crippen molar-refractivity contribution in [2.45, 2.75) is 27.7 Å². The first-order chi connectivity index (χ1) is 7.49. The first-order valence-electron chi connectivity index (χ1n) is 5.18. The van der Waals surface area contributed by atoms with Crippen LogP contribution in [-0.4, -0.2) is 24.7 Å². The predicted molar refractivity (Wildman–Crippen MR) is 67.8 cm³/mol. The van der Waals surface area contributed by atoms with Gasteiger partial charge in [0.1, 0.15) is 0 Å². The van der Waals surface area contributed by atoms with E-state index in [4.69, 9.17) is 9.05 Å². The van der Waals surface area contributed by atoms with Crippen LogP contribution in [0.15, 0.2) is 11.6 Å². The Hall–Kier alpha value is -0.0900. The van der Waals surface area contributed by atoms with E-state index in [9.17, 15) is 9.36 Å². The highest BCUT2D eigenvalue weighted by molar-refractivity contribution is 8.55. The molecule has 0 rings (SSSR count). The number of hydrogen-bond donors (Lipinski definition) is 0. The molecule has 16 heavy (non-hydrogen) atoms. The second-order valence-corrected chi connectivity index (χ2v) is 7.03. The Labute approximate surface area is 101 Å². The fourth-order valence-electron chi connectivity index (χ4n) is 0.841. The maximum atomic E-state index is 12.0. The molecule has 0 aromatic rings. The molecule has 0 fully saturated rings. The summed E-state index contributed by atoms with van der Waals surface area (Å²) in [4.78, 5) is 11.5. The molecule has 0 saturated heterocycles. The fraction of sp³-hybridized carbons (Fsp3) is 0.700. The molecule has 0 aliphatic rings. The third-order valence-electron chi connectivity index (χ3n) is 1.80. The SMILES string of the molecule is C/C=C(\C)C(=O)CSP(=O)(OCC)OCC. The minimum Gasteiger partial charge on any atom is -0.301 e. The molecule has 4 nitrogen and oxygen atoms in total. The third-order valence-corrected chi connectivity index (χ3v) is 5.63. The average Bonchev–Trinajstić information content (AvgIpc) is 2.25. The lowest BCUT2D eigenvalue weighted by Crippen LogP contribution is -2.04. The standard InChI is InChI=1S/C10H19O4PS/c1-5-9(4)10(11)8-16-15(12,13-6-2)14-7-3/h5H,6-8H2,1-4H3/b9-5+. The van der Waals surface area contributed by atoms with Crippen LogP contribution < -0.4 is 0 Å². The van der Waals surface area contributed by atoms with Crippen molar-refractivity contribution in [3.8, 4) is 0 Å². The van der Waals surface area contributed by atoms with E-state index in [1.807, 2.05) is 0 Å². The van der Waals surface area contributed by atoms with Crippen molar-refractivity contribution in [2.75, 3.05) is 19.0 Å². The summed E-state index contributed by atoms with van der Waals surface area (Å²) in [6.45, 7) is 4.47. The molecule has 0 amide bonds. The van der Waals surface area contributed by atoms with Crippen LogP contribution in [0.3, 0.4) is 0 Å². The van der Waals surface area contributed by atoms with Gasteiger partial charge in [-0.15, -0.1) is 0 Å². The second-order valence-electron chi connectivity index (χ2n) is 2.95. The second kappa shape index (κ2) is 8.07. The quantitative estimate of drug-likeness (QED) is 0.497. The molecule has 0 aromatic carbocycles. The van der Waals surface area contributed by atoms with Crippen LogP contribution in [-0.2, 0) is 18.4 Å². The van der Waals surface area contributed by atoms with Crippen LogP contribution >= 0.6 is 18.2 Å². The maximum absolute atomic E-state index is 12.0. The van der Waals surface area contributed by atoms with Gasteiger partial charge in [-0.3, -0.25) is 4.79 Å². The molecule has 6 heteroatoms. The summed E-state index contributed by atoms with van der Waals surface area (Å²) in [7, 11) is 0. The number of rotatable bonds is 8. The van der Waals surface area contributed by atoms with Crippen LogP contribution in [0.5, 0.6) is 0 Å². The highest BCUT2D eigenvalue weighted by Gasteiger charge is 2.25. The highest BCUT2D eigenvalue weighted by Crippen LogP contribution is 2.60. The van der Waals surface area contributed by atoms with Crippen molar-refractivity contribution in [2.24, 2.45) is 0 Å². The Morgan fingerprint density at radius 1 is 1.31 bits per heavy atom. The molecule has 0 heterocycles. The van der Waals surface area contributed by atoms with Crippen molar-refractivity contribution in [3.05, 3.63) is 11.6 Å². The Balaban J connectivity index is 4.33. The molecule has 0 unspecified atom stereocenters. The highest BCUT2D eigenvalue weighted by atomic mass is 32.7. The topological polar surface area (TPSA) is 52.6 Å². The van der Waals surface area contributed by atoms with Crippen molar-refractivity contribution < 1.29 is 18.4 Å². The van der Waals surface area contributed by atoms with E-state index in [1.165, 1.54) is 0 Å². The first-order valence-corrected chi connectivity index (χ1v) is 8.32. The van der Waals surface area contributed by atoms with E-state index >= 15 is 0 Å². The van der Waals surface area contributed by atoms with Gasteiger partial charge < -0.3 is 9.05 Å². The van der Waals surface area contributed by atoms with Crippen molar-refractivity contribution >= 4 is 24.0 Å². The Morgan fingerprint density at radius 3 is 2.19 bits per heavy atom. The Kier molecular flexibility index (Phi) is 8.02. The van der Waals surface area contributed by atoms with Gasteiger partial charge in [0.05, 0.1) is 19.0 Å². The molecule has 0 aliphatic carbocycles. The van der Waals surface area contributed by atoms with Gasteiger partial charge in [0, 0.05) is 0 Å². The average molecular weight is 266 g/mol. The molecule has 0 atom stereocenters. The van der Waals surface area contributed by atoms with E-state index in [-0.39, 0.29) is 11.5 Å². The minimum atomic E-state index is -3.15. The van der Waals surface area contributed by atoms with Crippen molar-refractivity contribution in [3.63, 3.8) is 0 Å². The van der Waals surface area contributed by atoms with E-state index in [0.29, 0.717) is 18.8 Å². The van der Waals surface area contributed by atoms with Crippen LogP contribution in [0.2, 0.25) is 0 Å². The molecule has 0 spiro atoms. The Morgan fingerprint density at radius 2 is 1.81 bits per heavy atom. The summed E-state index contributed by atoms with van der Waals surface area (Å²) >= 11 is 0.946. The van der Waals surface area contributed by atoms with Crippen LogP contribution in [0.4, 0.5) is 0 Å². The van der Waals surface area contributed by atoms with Gasteiger partial charge in [-0.25, -0.2) is 4.57 Å². The number of ketones is 1. The summed E-state index contributed by atoms with van der Waals surface area (Å²) in [5.41, 5.74) is 0.659. The summed E-state index contributed by atoms with van der Waals surface area (Å²) in [6, 6.07) is 0. The van der Waals surface area contributed by atoms with Gasteiger partial charge in [-0.2, -0.15) is 0 Å². The van der Waals surface area contributed by atoms with E-state index in [0.717, 1.165) is 11.4 Å². The number of Topliss-reactive ketones (excluding diaryl/α,β-unsaturated/α-hetero) is 1. The summed E-state index contributed by atoms with van der Waals surface area (Å²) in [6.07, 6.45) is 1.73. The van der Waals surface area contributed by atoms with Gasteiger partial charge in [0.25, 0.3) is 0 Å². The molecule has 0 bridgehead atoms. The lowest BCUT2D eigenvalue weighted by molar-refractivity contribution is -0.113. The summed E-state index contributed by atoms with van der Waals surface area (Å²) in [5.74, 6) is 0.0696. The predicted octanol–water partition coefficient (Wildman–Crippen LogP) is 3.44.